The molecule has 23 heavy (non-hydrogen) atoms. The normalized spacial score (nSPS) is 35.8. The van der Waals surface area contributed by atoms with E-state index in [-0.39, 0.29) is 6.84 Å². The van der Waals surface area contributed by atoms with Crippen LogP contribution in [-0.2, 0) is 4.74 Å². The Balaban J connectivity index is 0.00000131. The molecule has 0 radical (unpaired) electrons. The maximum atomic E-state index is 5.62. The summed E-state index contributed by atoms with van der Waals surface area (Å²) in [6.45, 7) is 0. The van der Waals surface area contributed by atoms with Crippen molar-refractivity contribution in [1.82, 2.24) is 9.97 Å². The Morgan fingerprint density at radius 3 is 3.30 bits per heavy atom. The number of ether oxygens (including phenoxy) is 1. The summed E-state index contributed by atoms with van der Waals surface area (Å²) >= 11 is 0. The number of pyridine rings is 1. The zero-order valence-corrected chi connectivity index (χ0v) is 13.0. The van der Waals surface area contributed by atoms with Gasteiger partial charge in [-0.15, -0.1) is 0 Å². The lowest BCUT2D eigenvalue weighted by molar-refractivity contribution is 0.263. The molecular formula is C20H20N2O. The molecule has 0 amide bonds. The van der Waals surface area contributed by atoms with E-state index in [0.717, 1.165) is 11.4 Å². The van der Waals surface area contributed by atoms with Gasteiger partial charge in [0.2, 0.25) is 0 Å². The first kappa shape index (κ1) is 12.2. The monoisotopic (exact) mass is 304 g/mol. The zero-order chi connectivity index (χ0) is 15.2. The number of allylic oxidation sites excluding steroid dienone is 6. The molecule has 2 aromatic rings. The van der Waals surface area contributed by atoms with Crippen molar-refractivity contribution in [2.24, 2.45) is 17.3 Å². The number of aromatic amines is 1. The van der Waals surface area contributed by atoms with Gasteiger partial charge in [0.05, 0.1) is 12.9 Å². The van der Waals surface area contributed by atoms with Crippen LogP contribution in [-0.4, -0.2) is 17.1 Å². The van der Waals surface area contributed by atoms with Gasteiger partial charge in [0.1, 0.15) is 5.65 Å². The van der Waals surface area contributed by atoms with Crippen LogP contribution >= 0.6 is 0 Å². The van der Waals surface area contributed by atoms with Crippen LogP contribution in [0.1, 0.15) is 31.4 Å². The van der Waals surface area contributed by atoms with Crippen molar-refractivity contribution in [3.05, 3.63) is 59.7 Å². The van der Waals surface area contributed by atoms with E-state index < -0.39 is 0 Å². The van der Waals surface area contributed by atoms with Crippen LogP contribution in [0.2, 0.25) is 0 Å². The molecule has 6 rings (SSSR count). The Morgan fingerprint density at radius 2 is 2.39 bits per heavy atom. The molecule has 2 aromatic heterocycles. The van der Waals surface area contributed by atoms with E-state index in [1.54, 1.807) is 7.11 Å². The Morgan fingerprint density at radius 1 is 1.43 bits per heavy atom. The van der Waals surface area contributed by atoms with Gasteiger partial charge >= 0.3 is 0 Å². The number of methoxy groups -OCH3 is 1. The van der Waals surface area contributed by atoms with E-state index in [0.29, 0.717) is 17.8 Å². The molecule has 0 aliphatic heterocycles. The minimum Gasteiger partial charge on any atom is -0.501 e. The van der Waals surface area contributed by atoms with Gasteiger partial charge in [-0.25, -0.2) is 4.98 Å². The summed E-state index contributed by atoms with van der Waals surface area (Å²) in [4.78, 5) is 8.16. The van der Waals surface area contributed by atoms with Gasteiger partial charge in [0, 0.05) is 41.5 Å². The van der Waals surface area contributed by atoms with E-state index >= 15 is 0 Å². The molecule has 0 aromatic carbocycles. The van der Waals surface area contributed by atoms with Crippen molar-refractivity contribution in [1.29, 1.82) is 0 Å². The van der Waals surface area contributed by atoms with Gasteiger partial charge < -0.3 is 9.72 Å². The summed E-state index contributed by atoms with van der Waals surface area (Å²) < 4.78 is 5.62. The standard InChI is InChI=1S/C20H18N2O.H2/c1-23-16-5-2-6-20(10-15(16)20)14-9-11-8-13(11)18-17(14)12-4-3-7-21-19(12)22-18;/h2-7,9,11,13,15H,8,10H2,1H3,(H,21,22);1H. The number of hydrogen-bond donors (Lipinski definition) is 1. The molecule has 3 nitrogen and oxygen atoms in total. The van der Waals surface area contributed by atoms with E-state index in [2.05, 4.69) is 40.3 Å². The number of rotatable bonds is 2. The Labute approximate surface area is 136 Å². The lowest BCUT2D eigenvalue weighted by Crippen LogP contribution is -2.12. The predicted molar refractivity (Wildman–Crippen MR) is 91.8 cm³/mol. The molecule has 4 aliphatic rings. The quantitative estimate of drug-likeness (QED) is 0.892. The van der Waals surface area contributed by atoms with Crippen LogP contribution in [0.5, 0.6) is 0 Å². The van der Waals surface area contributed by atoms with Crippen molar-refractivity contribution in [2.75, 3.05) is 7.11 Å². The highest BCUT2D eigenvalue weighted by Gasteiger charge is 2.61. The maximum absolute atomic E-state index is 5.62. The van der Waals surface area contributed by atoms with E-state index in [1.807, 2.05) is 12.3 Å². The van der Waals surface area contributed by atoms with Gasteiger partial charge in [-0.2, -0.15) is 0 Å². The number of fused-ring (bicyclic) bond motifs is 6. The van der Waals surface area contributed by atoms with Crippen LogP contribution in [0, 0.1) is 17.3 Å². The predicted octanol–water partition coefficient (Wildman–Crippen LogP) is 4.42. The summed E-state index contributed by atoms with van der Waals surface area (Å²) in [6.07, 6.45) is 13.6. The second-order valence-corrected chi connectivity index (χ2v) is 7.33. The molecule has 2 saturated carbocycles. The topological polar surface area (TPSA) is 37.9 Å². The molecular weight excluding hydrogens is 284 g/mol. The minimum absolute atomic E-state index is 0. The number of aromatic nitrogens is 2. The second kappa shape index (κ2) is 3.78. The first-order valence-corrected chi connectivity index (χ1v) is 8.44. The highest BCUT2D eigenvalue weighted by Crippen LogP contribution is 2.70. The van der Waals surface area contributed by atoms with Gasteiger partial charge in [-0.1, -0.05) is 18.2 Å². The van der Waals surface area contributed by atoms with Crippen LogP contribution in [0.4, 0.5) is 0 Å². The average Bonchev–Trinajstić information content (AvgIpc) is 3.48. The third-order valence-electron chi connectivity index (χ3n) is 6.20. The number of hydrogen-bond acceptors (Lipinski definition) is 2. The van der Waals surface area contributed by atoms with Crippen LogP contribution in [0.25, 0.3) is 16.6 Å². The highest BCUT2D eigenvalue weighted by atomic mass is 16.5. The fourth-order valence-corrected chi connectivity index (χ4v) is 4.87. The zero-order valence-electron chi connectivity index (χ0n) is 13.0. The van der Waals surface area contributed by atoms with Gasteiger partial charge in [-0.05, 0) is 42.5 Å². The second-order valence-electron chi connectivity index (χ2n) is 7.33. The first-order chi connectivity index (χ1) is 11.3. The van der Waals surface area contributed by atoms with Crippen LogP contribution < -0.4 is 0 Å². The van der Waals surface area contributed by atoms with E-state index in [1.165, 1.54) is 35.1 Å². The molecule has 0 spiro atoms. The molecule has 4 atom stereocenters. The third kappa shape index (κ3) is 1.39. The number of nitrogens with one attached hydrogen (secondary N) is 1. The fourth-order valence-electron chi connectivity index (χ4n) is 4.87. The Kier molecular flexibility index (Phi) is 2.00. The van der Waals surface area contributed by atoms with E-state index in [4.69, 9.17) is 4.74 Å². The average molecular weight is 304 g/mol. The van der Waals surface area contributed by atoms with Crippen molar-refractivity contribution >= 4 is 16.6 Å². The molecule has 0 bridgehead atoms. The fraction of sp³-hybridized carbons (Fsp3) is 0.350. The first-order valence-electron chi connectivity index (χ1n) is 8.44. The molecule has 3 heteroatoms. The summed E-state index contributed by atoms with van der Waals surface area (Å²) in [5.41, 5.74) is 5.54. The molecule has 1 N–H and O–H groups in total. The summed E-state index contributed by atoms with van der Waals surface area (Å²) in [5, 5.41) is 1.28. The molecule has 4 unspecified atom stereocenters. The number of H-pyrrole nitrogens is 1. The highest BCUT2D eigenvalue weighted by molar-refractivity contribution is 5.97. The molecule has 2 heterocycles. The van der Waals surface area contributed by atoms with Gasteiger partial charge in [-0.3, -0.25) is 0 Å². The maximum Gasteiger partial charge on any atom is 0.138 e. The third-order valence-corrected chi connectivity index (χ3v) is 6.20. The minimum atomic E-state index is 0. The number of nitrogens with zero attached hydrogens (tertiary/aromatic N) is 1. The van der Waals surface area contributed by atoms with Crippen LogP contribution in [0.3, 0.4) is 0 Å². The Bertz CT molecular complexity index is 954. The molecule has 0 saturated heterocycles. The summed E-state index contributed by atoms with van der Waals surface area (Å²) in [5.74, 6) is 3.03. The van der Waals surface area contributed by atoms with E-state index in [9.17, 15) is 0 Å². The van der Waals surface area contributed by atoms with Gasteiger partial charge in [0.15, 0.2) is 0 Å². The van der Waals surface area contributed by atoms with Crippen molar-refractivity contribution in [2.45, 2.75) is 18.8 Å². The molecule has 116 valence electrons. The Hall–Kier alpha value is -2.29. The largest absolute Gasteiger partial charge is 0.501 e. The van der Waals surface area contributed by atoms with Crippen molar-refractivity contribution in [3.63, 3.8) is 0 Å². The SMILES string of the molecule is COC1=CC=CC2(C3=CC4CC4c4[nH]c5ncccc5c43)CC12.[HH]. The summed E-state index contributed by atoms with van der Waals surface area (Å²) in [6, 6.07) is 4.26. The molecule has 4 aliphatic carbocycles. The van der Waals surface area contributed by atoms with Crippen molar-refractivity contribution < 1.29 is 6.16 Å². The lowest BCUT2D eigenvalue weighted by Gasteiger charge is -2.24. The lowest BCUT2D eigenvalue weighted by atomic mass is 9.80. The van der Waals surface area contributed by atoms with Crippen molar-refractivity contribution in [3.8, 4) is 0 Å². The smallest absolute Gasteiger partial charge is 0.138 e. The summed E-state index contributed by atoms with van der Waals surface area (Å²) in [7, 11) is 1.79. The van der Waals surface area contributed by atoms with Crippen LogP contribution in [0.15, 0.2) is 48.4 Å². The van der Waals surface area contributed by atoms with Gasteiger partial charge in [0.25, 0.3) is 0 Å². The molecule has 2 fully saturated rings.